The molecular formula is C97H66N16O13. The van der Waals surface area contributed by atoms with Crippen LogP contribution in [0.2, 0.25) is 0 Å². The second-order valence-corrected chi connectivity index (χ2v) is 28.5. The Bertz CT molecular complexity index is 7580. The molecule has 0 bridgehead atoms. The maximum atomic E-state index is 11.2. The average molecular weight is 1660 g/mol. The van der Waals surface area contributed by atoms with Gasteiger partial charge < -0.3 is 35.4 Å². The quantitative estimate of drug-likeness (QED) is 0.0510. The van der Waals surface area contributed by atoms with Crippen LogP contribution < -0.4 is 4.74 Å². The molecule has 0 radical (unpaired) electrons. The van der Waals surface area contributed by atoms with Gasteiger partial charge in [0.1, 0.15) is 34.2 Å². The molecule has 612 valence electrons. The lowest BCUT2D eigenvalue weighted by molar-refractivity contribution is 0.0686. The van der Waals surface area contributed by atoms with Gasteiger partial charge in [-0.2, -0.15) is 30.6 Å². The Morgan fingerprint density at radius 1 is 0.270 bits per heavy atom. The van der Waals surface area contributed by atoms with Crippen LogP contribution >= 0.6 is 0 Å². The highest BCUT2D eigenvalue weighted by molar-refractivity contribution is 6.07. The lowest BCUT2D eigenvalue weighted by atomic mass is 10.0. The molecule has 12 N–H and O–H groups in total. The third-order valence-corrected chi connectivity index (χ3v) is 20.8. The van der Waals surface area contributed by atoms with E-state index >= 15 is 0 Å². The fraction of sp³-hybridized carbons (Fsp3) is 0.0103. The first kappa shape index (κ1) is 80.2. The molecule has 29 nitrogen and oxygen atoms in total. The van der Waals surface area contributed by atoms with Gasteiger partial charge in [0.05, 0.1) is 102 Å². The number of pyridine rings is 4. The highest BCUT2D eigenvalue weighted by Gasteiger charge is 2.21. The van der Waals surface area contributed by atoms with E-state index in [0.717, 1.165) is 148 Å². The molecule has 22 aromatic rings. The van der Waals surface area contributed by atoms with Gasteiger partial charge in [0.2, 0.25) is 0 Å². The molecule has 0 unspecified atom stereocenters. The summed E-state index contributed by atoms with van der Waals surface area (Å²) in [4.78, 5) is 84.1. The number of aromatic nitrogens is 16. The molecular weight excluding hydrogens is 1600 g/mol. The number of rotatable bonds is 13. The first-order chi connectivity index (χ1) is 61.4. The van der Waals surface area contributed by atoms with Gasteiger partial charge in [-0.05, 0) is 187 Å². The molecule has 10 heterocycles. The van der Waals surface area contributed by atoms with Crippen molar-refractivity contribution >= 4 is 145 Å². The summed E-state index contributed by atoms with van der Waals surface area (Å²) in [5.74, 6) is -5.01. The average Bonchev–Trinajstić information content (AvgIpc) is 1.67. The van der Waals surface area contributed by atoms with Crippen molar-refractivity contribution in [1.82, 2.24) is 81.1 Å². The smallest absolute Gasteiger partial charge is 0.335 e. The lowest BCUT2D eigenvalue weighted by Crippen LogP contribution is -1.95. The first-order valence-electron chi connectivity index (χ1n) is 38.7. The van der Waals surface area contributed by atoms with Crippen LogP contribution in [0.15, 0.2) is 310 Å². The fourth-order valence-electron chi connectivity index (χ4n) is 14.5. The molecule has 0 amide bonds. The number of fused-ring (bicyclic) bond motifs is 10. The maximum absolute atomic E-state index is 11.2. The zero-order valence-electron chi connectivity index (χ0n) is 66.0. The minimum atomic E-state index is -0.959. The van der Waals surface area contributed by atoms with Gasteiger partial charge in [0.15, 0.2) is 0 Å². The number of hydrogen-bond donors (Lipinski definition) is 12. The number of hydrogen-bond acceptors (Lipinski definition) is 17. The standard InChI is InChI=1S/C18H12N2O2.3C17H11N3O2.C15H12N2O3.C13H9N3O2/c21-18(22)14-7-8-16-15(10-14)17(20-19-16)13-6-5-11-3-1-2-4-12(11)9-13;21-17(22)11-6-7-14-12(9-11)16(20-19-14)15-8-5-10-3-1-2-4-13(10)18-15;21-17(22)11-5-6-15-13(8-11)16(20-19-15)12-7-10-3-1-2-4-14(10)18-9-12;21-17(22)10-5-6-15-13(9-10)16(20-19-15)12-7-8-18-14-4-2-1-3-11(12)14;1-20-13-5-3-2-4-10(13)14-11-8-9(15(18)19)6-7-12(11)16-17-14;17-13(18)8-3-4-11-10(6-8)12(16-15-11)9-2-1-5-14-7-9/h1-10H,(H,19,20)(H,21,22);3*1-9H,(H,19,20)(H,21,22);2-8H,1H3,(H,16,17)(H,18,19);1-7H,(H,15,16)(H,17,18). The first-order valence-corrected chi connectivity index (χ1v) is 38.7. The van der Waals surface area contributed by atoms with E-state index in [2.05, 4.69) is 99.3 Å². The Kier molecular flexibility index (Phi) is 22.2. The number of aromatic carboxylic acids is 6. The number of nitrogens with one attached hydrogen (secondary N) is 6. The summed E-state index contributed by atoms with van der Waals surface area (Å²) in [5.41, 5.74) is 18.3. The second-order valence-electron chi connectivity index (χ2n) is 28.5. The molecule has 10 aromatic heterocycles. The number of H-pyrrole nitrogens is 6. The third kappa shape index (κ3) is 16.7. The summed E-state index contributed by atoms with van der Waals surface area (Å²) in [6.45, 7) is 0. The monoisotopic (exact) mass is 1660 g/mol. The second kappa shape index (κ2) is 35.0. The number of carbonyl (C=O) groups is 6. The normalized spacial score (nSPS) is 11.0. The molecule has 12 aromatic carbocycles. The van der Waals surface area contributed by atoms with Crippen molar-refractivity contribution in [2.75, 3.05) is 7.11 Å². The zero-order chi connectivity index (χ0) is 87.1. The van der Waals surface area contributed by atoms with Crippen LogP contribution in [0, 0.1) is 0 Å². The topological polar surface area (TPSA) is 457 Å². The van der Waals surface area contributed by atoms with Crippen LogP contribution in [0.3, 0.4) is 0 Å². The van der Waals surface area contributed by atoms with Gasteiger partial charge >= 0.3 is 35.8 Å². The van der Waals surface area contributed by atoms with E-state index < -0.39 is 35.8 Å². The van der Waals surface area contributed by atoms with Gasteiger partial charge in [0.25, 0.3) is 0 Å². The van der Waals surface area contributed by atoms with Crippen molar-refractivity contribution in [2.45, 2.75) is 0 Å². The summed E-state index contributed by atoms with van der Waals surface area (Å²) in [6, 6.07) is 86.2. The van der Waals surface area contributed by atoms with E-state index in [-0.39, 0.29) is 33.4 Å². The third-order valence-electron chi connectivity index (χ3n) is 20.8. The van der Waals surface area contributed by atoms with E-state index in [4.69, 9.17) is 30.3 Å². The SMILES string of the molecule is COc1ccccc1-c1n[nH]c2ccc(C(=O)O)cc12.O=C(O)c1ccc2[nH]nc(-c3ccc4ccccc4c3)c2c1.O=C(O)c1ccc2[nH]nc(-c3ccc4ccccc4n3)c2c1.O=C(O)c1ccc2[nH]nc(-c3cccnc3)c2c1.O=C(O)c1ccc2[nH]nc(-c3ccnc4ccccc34)c2c1.O=C(O)c1ccc2[nH]nc(-c3cnc4ccccc4c3)c2c1. The highest BCUT2D eigenvalue weighted by Crippen LogP contribution is 2.38. The molecule has 0 aliphatic heterocycles. The zero-order valence-corrected chi connectivity index (χ0v) is 66.0. The molecule has 0 atom stereocenters. The molecule has 0 aliphatic rings. The van der Waals surface area contributed by atoms with Gasteiger partial charge in [-0.1, -0.05) is 109 Å². The number of para-hydroxylation sites is 4. The Morgan fingerprint density at radius 3 is 1.16 bits per heavy atom. The van der Waals surface area contributed by atoms with E-state index in [1.165, 1.54) is 0 Å². The minimum absolute atomic E-state index is 0.232. The Balaban J connectivity index is 0.000000107. The van der Waals surface area contributed by atoms with Crippen molar-refractivity contribution in [2.24, 2.45) is 0 Å². The maximum Gasteiger partial charge on any atom is 0.335 e. The molecule has 0 saturated heterocycles. The Hall–Kier alpha value is -18.3. The fourth-order valence-corrected chi connectivity index (χ4v) is 14.5. The summed E-state index contributed by atoms with van der Waals surface area (Å²) < 4.78 is 5.33. The number of ether oxygens (including phenoxy) is 1. The van der Waals surface area contributed by atoms with Crippen LogP contribution in [-0.2, 0) is 0 Å². The van der Waals surface area contributed by atoms with Crippen LogP contribution in [0.1, 0.15) is 62.1 Å². The number of carboxylic acid groups (broad SMARTS) is 6. The summed E-state index contributed by atoms with van der Waals surface area (Å²) in [6.07, 6.45) is 6.87. The van der Waals surface area contributed by atoms with Crippen molar-refractivity contribution in [3.05, 3.63) is 343 Å². The number of methoxy groups -OCH3 is 1. The van der Waals surface area contributed by atoms with Crippen molar-refractivity contribution in [1.29, 1.82) is 0 Å². The van der Waals surface area contributed by atoms with E-state index in [1.54, 1.807) is 141 Å². The van der Waals surface area contributed by atoms with Crippen molar-refractivity contribution < 1.29 is 64.1 Å². The van der Waals surface area contributed by atoms with Crippen molar-refractivity contribution in [3.63, 3.8) is 0 Å². The lowest BCUT2D eigenvalue weighted by Gasteiger charge is -2.06. The van der Waals surface area contributed by atoms with Crippen LogP contribution in [-0.4, -0.2) is 155 Å². The molecule has 22 rings (SSSR count). The largest absolute Gasteiger partial charge is 0.496 e. The minimum Gasteiger partial charge on any atom is -0.496 e. The van der Waals surface area contributed by atoms with Crippen LogP contribution in [0.5, 0.6) is 5.75 Å². The Morgan fingerprint density at radius 2 is 0.659 bits per heavy atom. The Labute approximate surface area is 710 Å². The van der Waals surface area contributed by atoms with Crippen LogP contribution in [0.4, 0.5) is 0 Å². The number of benzene rings is 12. The molecule has 0 fully saturated rings. The molecule has 0 spiro atoms. The predicted molar refractivity (Wildman–Crippen MR) is 479 cm³/mol. The molecule has 126 heavy (non-hydrogen) atoms. The van der Waals surface area contributed by atoms with E-state index in [1.807, 2.05) is 158 Å². The van der Waals surface area contributed by atoms with Crippen molar-refractivity contribution in [3.8, 4) is 73.4 Å². The summed E-state index contributed by atoms with van der Waals surface area (Å²) in [5, 5.41) is 108. The predicted octanol–water partition coefficient (Wildman–Crippen LogP) is 19.8. The summed E-state index contributed by atoms with van der Waals surface area (Å²) in [7, 11) is 1.59. The highest BCUT2D eigenvalue weighted by atomic mass is 16.5. The molecule has 0 saturated carbocycles. The van der Waals surface area contributed by atoms with Gasteiger partial charge in [-0.3, -0.25) is 45.5 Å². The van der Waals surface area contributed by atoms with E-state index in [0.29, 0.717) is 34.2 Å². The van der Waals surface area contributed by atoms with Gasteiger partial charge in [-0.15, -0.1) is 0 Å². The van der Waals surface area contributed by atoms with Gasteiger partial charge in [-0.25, -0.2) is 33.8 Å². The number of nitrogens with zero attached hydrogens (tertiary/aromatic N) is 10. The van der Waals surface area contributed by atoms with Crippen LogP contribution in [0.25, 0.3) is 177 Å². The molecule has 29 heteroatoms. The molecule has 0 aliphatic carbocycles. The number of aromatic amines is 6. The van der Waals surface area contributed by atoms with Gasteiger partial charge in [0, 0.05) is 101 Å². The summed E-state index contributed by atoms with van der Waals surface area (Å²) >= 11 is 0. The number of carboxylic acids is 6. The van der Waals surface area contributed by atoms with E-state index in [9.17, 15) is 33.9 Å².